The monoisotopic (exact) mass is 291 g/mol. The fraction of sp³-hybridized carbons (Fsp3) is 0.111. The molecular weight excluding hydrogens is 286 g/mol. The van der Waals surface area contributed by atoms with Crippen LogP contribution < -0.4 is 4.35 Å². The topological polar surface area (TPSA) is 50.1 Å². The SMILES string of the molecule is N#C[As](=C=O)(OC(F)(F)F)c1ccccc1. The second-order valence-corrected chi connectivity index (χ2v) is 7.50. The van der Waals surface area contributed by atoms with Crippen LogP contribution in [0.2, 0.25) is 0 Å². The molecule has 0 aliphatic carbocycles. The van der Waals surface area contributed by atoms with Gasteiger partial charge in [0, 0.05) is 0 Å². The van der Waals surface area contributed by atoms with E-state index in [-0.39, 0.29) is 4.35 Å². The van der Waals surface area contributed by atoms with Gasteiger partial charge in [0.1, 0.15) is 0 Å². The summed E-state index contributed by atoms with van der Waals surface area (Å²) in [5.41, 5.74) is 0. The quantitative estimate of drug-likeness (QED) is 0.766. The van der Waals surface area contributed by atoms with Gasteiger partial charge in [0.25, 0.3) is 0 Å². The van der Waals surface area contributed by atoms with Crippen LogP contribution in [0.15, 0.2) is 30.3 Å². The first-order valence-corrected chi connectivity index (χ1v) is 7.54. The van der Waals surface area contributed by atoms with Gasteiger partial charge in [-0.2, -0.15) is 0 Å². The molecule has 0 saturated heterocycles. The average Bonchev–Trinajstić information content (AvgIpc) is 2.26. The Morgan fingerprint density at radius 1 is 1.25 bits per heavy atom. The normalized spacial score (nSPS) is 14.6. The number of carbonyl (C=O) groups excluding carboxylic acids is 1. The van der Waals surface area contributed by atoms with Gasteiger partial charge in [0.05, 0.1) is 0 Å². The second kappa shape index (κ2) is 4.63. The number of hydrogen-bond acceptors (Lipinski definition) is 3. The van der Waals surface area contributed by atoms with Crippen molar-refractivity contribution >= 4 is 22.5 Å². The summed E-state index contributed by atoms with van der Waals surface area (Å²) >= 11 is -4.76. The van der Waals surface area contributed by atoms with Crippen LogP contribution in [0.5, 0.6) is 0 Å². The summed E-state index contributed by atoms with van der Waals surface area (Å²) in [5, 5.41) is 8.73. The van der Waals surface area contributed by atoms with Gasteiger partial charge in [0.15, 0.2) is 0 Å². The van der Waals surface area contributed by atoms with Crippen molar-refractivity contribution in [1.29, 1.82) is 5.26 Å². The minimum absolute atomic E-state index is 0.0459. The van der Waals surface area contributed by atoms with Gasteiger partial charge < -0.3 is 0 Å². The van der Waals surface area contributed by atoms with Gasteiger partial charge in [-0.1, -0.05) is 0 Å². The third kappa shape index (κ3) is 2.80. The van der Waals surface area contributed by atoms with Crippen LogP contribution in [0.4, 0.5) is 13.2 Å². The Kier molecular flexibility index (Phi) is 3.66. The molecule has 1 rings (SSSR count). The third-order valence-electron chi connectivity index (χ3n) is 1.63. The van der Waals surface area contributed by atoms with Crippen molar-refractivity contribution in [3.05, 3.63) is 30.3 Å². The molecule has 1 aromatic carbocycles. The molecule has 0 aliphatic rings. The molecule has 0 radical (unpaired) electrons. The van der Waals surface area contributed by atoms with Crippen molar-refractivity contribution in [2.75, 3.05) is 0 Å². The van der Waals surface area contributed by atoms with Crippen LogP contribution in [-0.2, 0) is 8.52 Å². The zero-order valence-electron chi connectivity index (χ0n) is 7.73. The number of rotatable bonds is 2. The molecule has 0 spiro atoms. The van der Waals surface area contributed by atoms with Gasteiger partial charge in [-0.15, -0.1) is 0 Å². The Bertz CT molecular complexity index is 486. The molecule has 0 N–H and O–H groups in total. The van der Waals surface area contributed by atoms with E-state index in [4.69, 9.17) is 5.26 Å². The van der Waals surface area contributed by atoms with E-state index in [0.29, 0.717) is 0 Å². The van der Waals surface area contributed by atoms with Gasteiger partial charge >= 0.3 is 91.0 Å². The summed E-state index contributed by atoms with van der Waals surface area (Å²) in [6.45, 7) is 0. The Balaban J connectivity index is 3.32. The summed E-state index contributed by atoms with van der Waals surface area (Å²) in [7, 11) is 0. The predicted octanol–water partition coefficient (Wildman–Crippen LogP) is 1.09. The van der Waals surface area contributed by atoms with E-state index in [2.05, 4.69) is 3.73 Å². The van der Waals surface area contributed by atoms with Crippen molar-refractivity contribution in [3.63, 3.8) is 0 Å². The summed E-state index contributed by atoms with van der Waals surface area (Å²) in [5.74, 6) is 0. The second-order valence-electron chi connectivity index (χ2n) is 2.67. The molecule has 84 valence electrons. The van der Waals surface area contributed by atoms with E-state index in [0.717, 1.165) is 4.67 Å². The molecular formula is C9H5AsF3NO2. The number of halogens is 3. The maximum atomic E-state index is 12.1. The molecule has 0 aliphatic heterocycles. The number of benzene rings is 1. The summed E-state index contributed by atoms with van der Waals surface area (Å²) in [6.07, 6.45) is -5.02. The van der Waals surface area contributed by atoms with Crippen molar-refractivity contribution in [2.45, 2.75) is 6.36 Å². The Labute approximate surface area is 91.4 Å². The van der Waals surface area contributed by atoms with E-state index in [1.807, 2.05) is 0 Å². The van der Waals surface area contributed by atoms with Gasteiger partial charge in [-0.3, -0.25) is 0 Å². The van der Waals surface area contributed by atoms with Crippen molar-refractivity contribution < 1.29 is 21.7 Å². The molecule has 16 heavy (non-hydrogen) atoms. The molecule has 1 aromatic rings. The van der Waals surface area contributed by atoms with E-state index in [1.165, 1.54) is 29.1 Å². The Morgan fingerprint density at radius 3 is 2.19 bits per heavy atom. The maximum absolute atomic E-state index is 12.1. The van der Waals surface area contributed by atoms with Crippen molar-refractivity contribution in [3.8, 4) is 4.86 Å². The number of alkyl halides is 3. The number of nitriles is 1. The molecule has 0 amide bonds. The number of nitrogens with zero attached hydrogens (tertiary/aromatic N) is 1. The molecule has 1 atom stereocenters. The van der Waals surface area contributed by atoms with Crippen molar-refractivity contribution in [1.82, 2.24) is 0 Å². The van der Waals surface area contributed by atoms with Crippen LogP contribution in [0.3, 0.4) is 0 Å². The fourth-order valence-corrected chi connectivity index (χ4v) is 3.84. The summed E-state index contributed by atoms with van der Waals surface area (Å²) in [6, 6.07) is 6.93. The van der Waals surface area contributed by atoms with Crippen LogP contribution in [0, 0.1) is 10.1 Å². The fourth-order valence-electron chi connectivity index (χ4n) is 1.02. The predicted molar refractivity (Wildman–Crippen MR) is 50.3 cm³/mol. The summed E-state index contributed by atoms with van der Waals surface area (Å²) in [4.78, 5) is 12.0. The van der Waals surface area contributed by atoms with E-state index in [1.54, 1.807) is 6.07 Å². The molecule has 7 heteroatoms. The summed E-state index contributed by atoms with van der Waals surface area (Å²) < 4.78 is 41.1. The van der Waals surface area contributed by atoms with Crippen molar-refractivity contribution in [2.24, 2.45) is 0 Å². The minimum atomic E-state index is -5.02. The number of hydrogen-bond donors (Lipinski definition) is 0. The van der Waals surface area contributed by atoms with Gasteiger partial charge in [0.2, 0.25) is 0 Å². The molecule has 0 aromatic heterocycles. The Morgan fingerprint density at radius 2 is 1.81 bits per heavy atom. The van der Waals surface area contributed by atoms with E-state index >= 15 is 0 Å². The van der Waals surface area contributed by atoms with Crippen LogP contribution in [0.25, 0.3) is 0 Å². The van der Waals surface area contributed by atoms with Crippen LogP contribution in [0.1, 0.15) is 0 Å². The third-order valence-corrected chi connectivity index (χ3v) is 5.92. The first-order valence-electron chi connectivity index (χ1n) is 3.96. The molecule has 0 heterocycles. The zero-order valence-corrected chi connectivity index (χ0v) is 9.61. The van der Waals surface area contributed by atoms with Crippen LogP contribution in [-0.4, -0.2) is 24.5 Å². The first kappa shape index (κ1) is 12.7. The molecule has 0 bridgehead atoms. The van der Waals surface area contributed by atoms with Crippen LogP contribution >= 0.6 is 0 Å². The Hall–Kier alpha value is -1.40. The average molecular weight is 291 g/mol. The van der Waals surface area contributed by atoms with Gasteiger partial charge in [-0.25, -0.2) is 0 Å². The molecule has 0 fully saturated rings. The standard InChI is InChI=1S/C9H5AsF3NO2/c11-9(12,13)16-10(6-14,7-15)8-4-2-1-3-5-8/h1-5H. The van der Waals surface area contributed by atoms with E-state index < -0.39 is 19.8 Å². The van der Waals surface area contributed by atoms with E-state index in [9.17, 15) is 18.0 Å². The molecule has 1 unspecified atom stereocenters. The molecule has 3 nitrogen and oxygen atoms in total. The first-order chi connectivity index (χ1) is 7.43. The van der Waals surface area contributed by atoms with Gasteiger partial charge in [-0.05, 0) is 0 Å². The molecule has 0 saturated carbocycles. The zero-order chi connectivity index (χ0) is 12.2.